The Labute approximate surface area is 256 Å². The van der Waals surface area contributed by atoms with Gasteiger partial charge in [0.25, 0.3) is 0 Å². The molecular weight excluding hydrogens is 608 g/mol. The van der Waals surface area contributed by atoms with Gasteiger partial charge in [-0.15, -0.1) is 0 Å². The summed E-state index contributed by atoms with van der Waals surface area (Å²) in [7, 11) is -3.96. The molecule has 1 fully saturated rings. The first kappa shape index (κ1) is 31.2. The Bertz CT molecular complexity index is 2080. The number of fused-ring (bicyclic) bond motifs is 1. The molecule has 1 aromatic carbocycles. The lowest BCUT2D eigenvalue weighted by Crippen LogP contribution is -2.59. The van der Waals surface area contributed by atoms with E-state index in [-0.39, 0.29) is 52.6 Å². The number of aromatic hydroxyl groups is 1. The standard InChI is InChI=1S/C30H27F2N7O5S/c1-5-24(41)38-14-16(2)37(15-18(38)9-11-33)28-19-13-21(32)26(25-20(31)7-6-8-22(25)40)35-29(19)39(30(42)36-28)27-17(3)34-12-10-23(27)45(4,43)44/h5-8,10,12-13,16,18,40H,1,9,14-15H2,2-4H3/t16-,18-/m0/s1. The predicted octanol–water partition coefficient (Wildman–Crippen LogP) is 3.04. The first-order valence-corrected chi connectivity index (χ1v) is 15.5. The van der Waals surface area contributed by atoms with E-state index in [1.54, 1.807) is 11.8 Å². The maximum Gasteiger partial charge on any atom is 0.355 e. The van der Waals surface area contributed by atoms with Gasteiger partial charge in [-0.1, -0.05) is 12.6 Å². The zero-order valence-corrected chi connectivity index (χ0v) is 25.2. The third-order valence-corrected chi connectivity index (χ3v) is 8.75. The van der Waals surface area contributed by atoms with Crippen molar-refractivity contribution in [1.29, 1.82) is 5.26 Å². The molecule has 4 aromatic rings. The largest absolute Gasteiger partial charge is 0.507 e. The van der Waals surface area contributed by atoms with Crippen molar-refractivity contribution in [2.24, 2.45) is 0 Å². The monoisotopic (exact) mass is 635 g/mol. The number of amides is 1. The lowest BCUT2D eigenvalue weighted by Gasteiger charge is -2.45. The van der Waals surface area contributed by atoms with Crippen LogP contribution in [-0.2, 0) is 14.6 Å². The highest BCUT2D eigenvalue weighted by Gasteiger charge is 2.36. The van der Waals surface area contributed by atoms with Crippen molar-refractivity contribution >= 4 is 32.6 Å². The van der Waals surface area contributed by atoms with Crippen LogP contribution in [0.15, 0.2) is 58.9 Å². The fourth-order valence-electron chi connectivity index (χ4n) is 5.56. The summed E-state index contributed by atoms with van der Waals surface area (Å²) in [6.07, 6.45) is 3.27. The van der Waals surface area contributed by atoms with E-state index < -0.39 is 62.2 Å². The van der Waals surface area contributed by atoms with Crippen LogP contribution in [0.1, 0.15) is 19.0 Å². The fraction of sp³-hybridized carbons (Fsp3) is 0.267. The molecule has 3 aromatic heterocycles. The zero-order chi connectivity index (χ0) is 32.8. The molecule has 4 heterocycles. The molecule has 0 unspecified atom stereocenters. The van der Waals surface area contributed by atoms with Crippen LogP contribution in [0.2, 0.25) is 0 Å². The highest BCUT2D eigenvalue weighted by atomic mass is 32.2. The minimum absolute atomic E-state index is 0.0256. The summed E-state index contributed by atoms with van der Waals surface area (Å²) < 4.78 is 57.4. The second-order valence-corrected chi connectivity index (χ2v) is 12.6. The maximum atomic E-state index is 15.9. The summed E-state index contributed by atoms with van der Waals surface area (Å²) in [5.41, 5.74) is -2.58. The van der Waals surface area contributed by atoms with Crippen molar-refractivity contribution in [1.82, 2.24) is 24.4 Å². The number of sulfone groups is 1. The van der Waals surface area contributed by atoms with E-state index in [2.05, 4.69) is 21.5 Å². The van der Waals surface area contributed by atoms with Crippen molar-refractivity contribution in [2.75, 3.05) is 24.2 Å². The molecule has 0 radical (unpaired) electrons. The Morgan fingerprint density at radius 2 is 1.96 bits per heavy atom. The zero-order valence-electron chi connectivity index (χ0n) is 24.4. The van der Waals surface area contributed by atoms with Crippen LogP contribution < -0.4 is 10.6 Å². The number of nitrogens with zero attached hydrogens (tertiary/aromatic N) is 7. The Balaban J connectivity index is 1.87. The highest BCUT2D eigenvalue weighted by molar-refractivity contribution is 7.90. The van der Waals surface area contributed by atoms with Gasteiger partial charge in [0.2, 0.25) is 5.91 Å². The van der Waals surface area contributed by atoms with Crippen LogP contribution in [0.5, 0.6) is 5.75 Å². The summed E-state index contributed by atoms with van der Waals surface area (Å²) in [5.74, 6) is -3.12. The molecule has 15 heteroatoms. The molecule has 232 valence electrons. The summed E-state index contributed by atoms with van der Waals surface area (Å²) in [5, 5.41) is 19.9. The van der Waals surface area contributed by atoms with Crippen LogP contribution in [0.25, 0.3) is 28.0 Å². The summed E-state index contributed by atoms with van der Waals surface area (Å²) in [4.78, 5) is 42.1. The van der Waals surface area contributed by atoms with E-state index in [0.717, 1.165) is 35.1 Å². The van der Waals surface area contributed by atoms with Crippen molar-refractivity contribution < 1.29 is 27.1 Å². The van der Waals surface area contributed by atoms with Gasteiger partial charge in [-0.2, -0.15) is 10.2 Å². The number of hydrogen-bond acceptors (Lipinski definition) is 10. The summed E-state index contributed by atoms with van der Waals surface area (Å²) in [6, 6.07) is 6.44. The molecular formula is C30H27F2N7O5S. The number of benzene rings is 1. The second-order valence-electron chi connectivity index (χ2n) is 10.6. The maximum absolute atomic E-state index is 15.9. The van der Waals surface area contributed by atoms with E-state index in [1.165, 1.54) is 30.2 Å². The number of piperazine rings is 1. The van der Waals surface area contributed by atoms with Gasteiger partial charge in [-0.3, -0.25) is 9.78 Å². The van der Waals surface area contributed by atoms with Gasteiger partial charge in [0.15, 0.2) is 21.3 Å². The number of anilines is 1. The molecule has 0 bridgehead atoms. The number of aromatic nitrogens is 4. The molecule has 0 aliphatic carbocycles. The molecule has 1 saturated heterocycles. The number of pyridine rings is 2. The quantitative estimate of drug-likeness (QED) is 0.312. The average molecular weight is 636 g/mol. The van der Waals surface area contributed by atoms with Gasteiger partial charge in [0, 0.05) is 31.6 Å². The minimum atomic E-state index is -3.96. The van der Waals surface area contributed by atoms with Crippen LogP contribution in [0, 0.1) is 29.9 Å². The number of hydrogen-bond donors (Lipinski definition) is 1. The van der Waals surface area contributed by atoms with Crippen LogP contribution in [0.3, 0.4) is 0 Å². The Kier molecular flexibility index (Phi) is 8.11. The average Bonchev–Trinajstić information content (AvgIpc) is 2.97. The molecule has 12 nitrogen and oxygen atoms in total. The number of nitriles is 1. The van der Waals surface area contributed by atoms with E-state index in [0.29, 0.717) is 0 Å². The predicted molar refractivity (Wildman–Crippen MR) is 161 cm³/mol. The third kappa shape index (κ3) is 5.48. The molecule has 1 amide bonds. The number of rotatable bonds is 6. The van der Waals surface area contributed by atoms with Gasteiger partial charge in [0.1, 0.15) is 23.1 Å². The van der Waals surface area contributed by atoms with E-state index in [4.69, 9.17) is 0 Å². The SMILES string of the molecule is C=CC(=O)N1C[C@H](C)N(c2nc(=O)n(-c3c(S(C)(=O)=O)ccnc3C)c3nc(-c4c(O)cccc4F)c(F)cc23)C[C@@H]1CC#N. The first-order valence-electron chi connectivity index (χ1n) is 13.6. The number of phenolic OH excluding ortho intramolecular Hbond substituents is 1. The molecule has 1 aliphatic rings. The van der Waals surface area contributed by atoms with Gasteiger partial charge in [-0.25, -0.2) is 31.5 Å². The molecule has 1 aliphatic heterocycles. The van der Waals surface area contributed by atoms with Gasteiger partial charge >= 0.3 is 5.69 Å². The van der Waals surface area contributed by atoms with Crippen molar-refractivity contribution in [3.05, 3.63) is 77.0 Å². The van der Waals surface area contributed by atoms with Crippen molar-refractivity contribution in [2.45, 2.75) is 37.2 Å². The molecule has 5 rings (SSSR count). The fourth-order valence-corrected chi connectivity index (χ4v) is 6.45. The normalized spacial score (nSPS) is 16.9. The number of carbonyl (C=O) groups is 1. The van der Waals surface area contributed by atoms with E-state index >= 15 is 4.39 Å². The molecule has 0 spiro atoms. The molecule has 1 N–H and O–H groups in total. The number of carbonyl (C=O) groups excluding carboxylic acids is 1. The van der Waals surface area contributed by atoms with Crippen molar-refractivity contribution in [3.8, 4) is 28.8 Å². The topological polar surface area (TPSA) is 162 Å². The summed E-state index contributed by atoms with van der Waals surface area (Å²) >= 11 is 0. The molecule has 2 atom stereocenters. The smallest absolute Gasteiger partial charge is 0.355 e. The number of halogens is 2. The van der Waals surface area contributed by atoms with Crippen LogP contribution in [0.4, 0.5) is 14.6 Å². The van der Waals surface area contributed by atoms with Crippen LogP contribution >= 0.6 is 0 Å². The number of phenols is 1. The van der Waals surface area contributed by atoms with E-state index in [1.807, 2.05) is 6.07 Å². The molecule has 0 saturated carbocycles. The minimum Gasteiger partial charge on any atom is -0.507 e. The van der Waals surface area contributed by atoms with Crippen LogP contribution in [-0.4, -0.2) is 75.3 Å². The first-order chi connectivity index (χ1) is 21.3. The molecule has 45 heavy (non-hydrogen) atoms. The third-order valence-electron chi connectivity index (χ3n) is 7.62. The number of aryl methyl sites for hydroxylation is 1. The lowest BCUT2D eigenvalue weighted by molar-refractivity contribution is -0.129. The Morgan fingerprint density at radius 3 is 2.60 bits per heavy atom. The van der Waals surface area contributed by atoms with Gasteiger partial charge in [-0.05, 0) is 44.2 Å². The summed E-state index contributed by atoms with van der Waals surface area (Å²) in [6.45, 7) is 6.87. The van der Waals surface area contributed by atoms with Gasteiger partial charge < -0.3 is 14.9 Å². The van der Waals surface area contributed by atoms with E-state index in [9.17, 15) is 32.8 Å². The highest BCUT2D eigenvalue weighted by Crippen LogP contribution is 2.37. The Morgan fingerprint density at radius 1 is 1.22 bits per heavy atom. The lowest BCUT2D eigenvalue weighted by atomic mass is 10.0. The van der Waals surface area contributed by atoms with Gasteiger partial charge in [0.05, 0.1) is 45.8 Å². The Hall–Kier alpha value is -5.23. The van der Waals surface area contributed by atoms with Crippen molar-refractivity contribution in [3.63, 3.8) is 0 Å². The second kappa shape index (κ2) is 11.7.